The summed E-state index contributed by atoms with van der Waals surface area (Å²) in [6.07, 6.45) is 4.27. The highest BCUT2D eigenvalue weighted by atomic mass is 19.1. The molecule has 0 saturated heterocycles. The maximum atomic E-state index is 12.9. The SMILES string of the molecule is CC(C)C.O=C(O)c1cncc2c1cnn2-c1ccc(F)cc1. The van der Waals surface area contributed by atoms with Crippen molar-refractivity contribution in [2.24, 2.45) is 5.92 Å². The van der Waals surface area contributed by atoms with E-state index in [0.717, 1.165) is 5.92 Å². The summed E-state index contributed by atoms with van der Waals surface area (Å²) in [5, 5.41) is 13.7. The van der Waals surface area contributed by atoms with Crippen molar-refractivity contribution in [2.75, 3.05) is 0 Å². The van der Waals surface area contributed by atoms with E-state index in [-0.39, 0.29) is 11.4 Å². The predicted octanol–water partition coefficient (Wildman–Crippen LogP) is 3.92. The Hall–Kier alpha value is -2.76. The van der Waals surface area contributed by atoms with E-state index in [1.165, 1.54) is 35.4 Å². The smallest absolute Gasteiger partial charge is 0.338 e. The first-order valence-corrected chi connectivity index (χ1v) is 7.21. The zero-order valence-corrected chi connectivity index (χ0v) is 13.2. The molecule has 1 aromatic carbocycles. The number of halogens is 1. The number of nitrogens with zero attached hydrogens (tertiary/aromatic N) is 3. The van der Waals surface area contributed by atoms with Crippen LogP contribution in [0.3, 0.4) is 0 Å². The molecule has 0 radical (unpaired) electrons. The molecule has 0 aliphatic carbocycles. The maximum Gasteiger partial charge on any atom is 0.338 e. The van der Waals surface area contributed by atoms with Gasteiger partial charge in [-0.1, -0.05) is 20.8 Å². The van der Waals surface area contributed by atoms with Crippen LogP contribution in [-0.2, 0) is 0 Å². The summed E-state index contributed by atoms with van der Waals surface area (Å²) >= 11 is 0. The summed E-state index contributed by atoms with van der Waals surface area (Å²) in [6, 6.07) is 5.76. The highest BCUT2D eigenvalue weighted by Gasteiger charge is 2.13. The van der Waals surface area contributed by atoms with Crippen LogP contribution in [0.5, 0.6) is 0 Å². The van der Waals surface area contributed by atoms with Crippen LogP contribution in [0.15, 0.2) is 42.9 Å². The Labute approximate surface area is 133 Å². The van der Waals surface area contributed by atoms with Crippen LogP contribution in [0.4, 0.5) is 4.39 Å². The normalized spacial score (nSPS) is 10.5. The van der Waals surface area contributed by atoms with Crippen LogP contribution in [0.2, 0.25) is 0 Å². The highest BCUT2D eigenvalue weighted by Crippen LogP contribution is 2.20. The molecule has 0 aliphatic heterocycles. The van der Waals surface area contributed by atoms with Gasteiger partial charge in [-0.25, -0.2) is 13.9 Å². The van der Waals surface area contributed by atoms with Gasteiger partial charge in [-0.3, -0.25) is 4.98 Å². The fourth-order valence-corrected chi connectivity index (χ4v) is 1.90. The van der Waals surface area contributed by atoms with Crippen molar-refractivity contribution in [3.8, 4) is 5.69 Å². The van der Waals surface area contributed by atoms with Crippen molar-refractivity contribution in [3.63, 3.8) is 0 Å². The van der Waals surface area contributed by atoms with Gasteiger partial charge < -0.3 is 5.11 Å². The third-order valence-corrected chi connectivity index (χ3v) is 2.80. The van der Waals surface area contributed by atoms with E-state index in [4.69, 9.17) is 5.11 Å². The summed E-state index contributed by atoms with van der Waals surface area (Å²) in [5.74, 6) is -0.568. The first-order chi connectivity index (χ1) is 10.9. The highest BCUT2D eigenvalue weighted by molar-refractivity contribution is 6.02. The topological polar surface area (TPSA) is 68.0 Å². The zero-order chi connectivity index (χ0) is 17.0. The molecule has 0 bridgehead atoms. The fourth-order valence-electron chi connectivity index (χ4n) is 1.90. The number of benzene rings is 1. The Morgan fingerprint density at radius 3 is 2.30 bits per heavy atom. The van der Waals surface area contributed by atoms with E-state index >= 15 is 0 Å². The Morgan fingerprint density at radius 2 is 1.74 bits per heavy atom. The van der Waals surface area contributed by atoms with Crippen LogP contribution >= 0.6 is 0 Å². The predicted molar refractivity (Wildman–Crippen MR) is 86.3 cm³/mol. The standard InChI is InChI=1S/C13H8FN3O2.C4H10/c14-8-1-3-9(4-2-8)17-12-7-15-5-11(13(18)19)10(12)6-16-17;1-4(2)3/h1-7H,(H,18,19);4H,1-3H3. The molecule has 3 rings (SSSR count). The molecule has 0 fully saturated rings. The monoisotopic (exact) mass is 315 g/mol. The molecule has 6 heteroatoms. The van der Waals surface area contributed by atoms with Gasteiger partial charge >= 0.3 is 5.97 Å². The van der Waals surface area contributed by atoms with Crippen LogP contribution in [0, 0.1) is 11.7 Å². The number of carboxylic acid groups (broad SMARTS) is 1. The van der Waals surface area contributed by atoms with E-state index in [9.17, 15) is 9.18 Å². The molecule has 5 nitrogen and oxygen atoms in total. The molecule has 1 N–H and O–H groups in total. The zero-order valence-electron chi connectivity index (χ0n) is 13.2. The van der Waals surface area contributed by atoms with Crippen molar-refractivity contribution in [1.82, 2.24) is 14.8 Å². The molecule has 0 spiro atoms. The largest absolute Gasteiger partial charge is 0.478 e. The van der Waals surface area contributed by atoms with Crippen molar-refractivity contribution >= 4 is 16.9 Å². The Bertz CT molecular complexity index is 808. The van der Waals surface area contributed by atoms with Gasteiger partial charge in [0.25, 0.3) is 0 Å². The molecular weight excluding hydrogens is 297 g/mol. The molecule has 0 atom stereocenters. The lowest BCUT2D eigenvalue weighted by Gasteiger charge is -2.03. The molecule has 0 unspecified atom stereocenters. The van der Waals surface area contributed by atoms with Crippen molar-refractivity contribution in [3.05, 3.63) is 54.2 Å². The van der Waals surface area contributed by atoms with E-state index in [1.807, 2.05) is 0 Å². The summed E-state index contributed by atoms with van der Waals surface area (Å²) in [4.78, 5) is 15.0. The minimum absolute atomic E-state index is 0.0888. The lowest BCUT2D eigenvalue weighted by Crippen LogP contribution is -1.99. The summed E-state index contributed by atoms with van der Waals surface area (Å²) in [6.45, 7) is 6.50. The van der Waals surface area contributed by atoms with Gasteiger partial charge in [-0.05, 0) is 30.2 Å². The second-order valence-electron chi connectivity index (χ2n) is 5.69. The summed E-state index contributed by atoms with van der Waals surface area (Å²) < 4.78 is 14.4. The minimum atomic E-state index is -1.06. The van der Waals surface area contributed by atoms with E-state index < -0.39 is 5.97 Å². The average Bonchev–Trinajstić information content (AvgIpc) is 2.91. The lowest BCUT2D eigenvalue weighted by atomic mass is 10.2. The molecule has 2 aromatic heterocycles. The number of fused-ring (bicyclic) bond motifs is 1. The van der Waals surface area contributed by atoms with Crippen molar-refractivity contribution < 1.29 is 14.3 Å². The van der Waals surface area contributed by atoms with Gasteiger partial charge in [-0.2, -0.15) is 5.10 Å². The summed E-state index contributed by atoms with van der Waals surface area (Å²) in [7, 11) is 0. The first-order valence-electron chi connectivity index (χ1n) is 7.21. The molecule has 120 valence electrons. The first kappa shape index (κ1) is 16.6. The number of aromatic carboxylic acids is 1. The van der Waals surface area contributed by atoms with E-state index in [1.54, 1.807) is 12.1 Å². The number of hydrogen-bond donors (Lipinski definition) is 1. The maximum absolute atomic E-state index is 12.9. The second-order valence-corrected chi connectivity index (χ2v) is 5.69. The van der Waals surface area contributed by atoms with E-state index in [0.29, 0.717) is 16.6 Å². The number of carbonyl (C=O) groups is 1. The number of carboxylic acids is 1. The number of pyridine rings is 1. The van der Waals surface area contributed by atoms with Gasteiger partial charge in [0.2, 0.25) is 0 Å². The van der Waals surface area contributed by atoms with Crippen LogP contribution in [0.25, 0.3) is 16.6 Å². The fraction of sp³-hybridized carbons (Fsp3) is 0.235. The molecule has 3 aromatic rings. The number of hydrogen-bond acceptors (Lipinski definition) is 3. The third kappa shape index (κ3) is 3.91. The second kappa shape index (κ2) is 7.00. The molecule has 0 aliphatic rings. The molecule has 23 heavy (non-hydrogen) atoms. The molecular formula is C17H18FN3O2. The van der Waals surface area contributed by atoms with Gasteiger partial charge in [0.05, 0.1) is 29.2 Å². The van der Waals surface area contributed by atoms with Crippen molar-refractivity contribution in [1.29, 1.82) is 0 Å². The van der Waals surface area contributed by atoms with Crippen molar-refractivity contribution in [2.45, 2.75) is 20.8 Å². The Balaban J connectivity index is 0.000000433. The molecule has 0 amide bonds. The van der Waals surface area contributed by atoms with Crippen LogP contribution in [0.1, 0.15) is 31.1 Å². The Kier molecular flexibility index (Phi) is 5.05. The number of aromatic nitrogens is 3. The molecule has 0 saturated carbocycles. The minimum Gasteiger partial charge on any atom is -0.478 e. The lowest BCUT2D eigenvalue weighted by molar-refractivity contribution is 0.0698. The van der Waals surface area contributed by atoms with Gasteiger partial charge in [0.1, 0.15) is 5.82 Å². The van der Waals surface area contributed by atoms with Crippen LogP contribution < -0.4 is 0 Å². The molecule has 2 heterocycles. The third-order valence-electron chi connectivity index (χ3n) is 2.80. The van der Waals surface area contributed by atoms with Crippen LogP contribution in [-0.4, -0.2) is 25.8 Å². The Morgan fingerprint density at radius 1 is 1.13 bits per heavy atom. The average molecular weight is 315 g/mol. The van der Waals surface area contributed by atoms with Gasteiger partial charge in [0.15, 0.2) is 0 Å². The quantitative estimate of drug-likeness (QED) is 0.778. The van der Waals surface area contributed by atoms with E-state index in [2.05, 4.69) is 30.9 Å². The van der Waals surface area contributed by atoms with Gasteiger partial charge in [0, 0.05) is 11.6 Å². The van der Waals surface area contributed by atoms with Gasteiger partial charge in [-0.15, -0.1) is 0 Å². The summed E-state index contributed by atoms with van der Waals surface area (Å²) in [5.41, 5.74) is 1.29. The number of rotatable bonds is 2.